The minimum absolute atomic E-state index is 0.111. The summed E-state index contributed by atoms with van der Waals surface area (Å²) in [5.41, 5.74) is 2.34. The Morgan fingerprint density at radius 3 is 2.59 bits per heavy atom. The molecule has 1 aliphatic heterocycles. The van der Waals surface area contributed by atoms with Crippen LogP contribution in [0.15, 0.2) is 59.7 Å². The second-order valence-electron chi connectivity index (χ2n) is 7.53. The van der Waals surface area contributed by atoms with Crippen molar-refractivity contribution < 1.29 is 5.11 Å². The molecule has 1 atom stereocenters. The van der Waals surface area contributed by atoms with E-state index in [9.17, 15) is 9.90 Å². The summed E-state index contributed by atoms with van der Waals surface area (Å²) < 4.78 is 1.66. The third-order valence-corrected chi connectivity index (χ3v) is 4.80. The number of nitrogens with zero attached hydrogens (tertiary/aromatic N) is 3. The van der Waals surface area contributed by atoms with E-state index in [-0.39, 0.29) is 17.5 Å². The molecule has 6 nitrogen and oxygen atoms in total. The molecule has 0 amide bonds. The summed E-state index contributed by atoms with van der Waals surface area (Å²) in [5, 5.41) is 14.0. The Morgan fingerprint density at radius 2 is 1.89 bits per heavy atom. The molecule has 1 aliphatic rings. The summed E-state index contributed by atoms with van der Waals surface area (Å²) in [6.45, 7) is 4.61. The molecule has 0 aliphatic carbocycles. The standard InChI is InChI=1S/C21H22N4O2/c1-21(2)13-25-19(27)16(12-17(26)14-6-4-3-5-7-14)18(23-20(25)24-21)15-8-10-22-11-9-15/h3-11,17,26H,12-13H2,1-2H3,(H,23,24). The molecule has 6 heteroatoms. The zero-order valence-electron chi connectivity index (χ0n) is 15.4. The number of hydrogen-bond donors (Lipinski definition) is 2. The van der Waals surface area contributed by atoms with Crippen molar-refractivity contribution in [3.63, 3.8) is 0 Å². The molecule has 2 aromatic heterocycles. The Morgan fingerprint density at radius 1 is 1.19 bits per heavy atom. The molecule has 138 valence electrons. The molecule has 3 aromatic rings. The number of benzene rings is 1. The zero-order chi connectivity index (χ0) is 19.0. The van der Waals surface area contributed by atoms with Gasteiger partial charge in [0.2, 0.25) is 5.95 Å². The normalized spacial score (nSPS) is 15.8. The molecule has 3 heterocycles. The van der Waals surface area contributed by atoms with E-state index in [2.05, 4.69) is 10.3 Å². The van der Waals surface area contributed by atoms with Gasteiger partial charge in [-0.15, -0.1) is 0 Å². The Bertz CT molecular complexity index is 1010. The molecular formula is C21H22N4O2. The number of hydrogen-bond acceptors (Lipinski definition) is 5. The largest absolute Gasteiger partial charge is 0.388 e. The van der Waals surface area contributed by atoms with Crippen LogP contribution in [-0.2, 0) is 13.0 Å². The molecular weight excluding hydrogens is 340 g/mol. The van der Waals surface area contributed by atoms with Gasteiger partial charge < -0.3 is 10.4 Å². The fraction of sp³-hybridized carbons (Fsp3) is 0.286. The van der Waals surface area contributed by atoms with Crippen LogP contribution in [0.2, 0.25) is 0 Å². The first-order valence-corrected chi connectivity index (χ1v) is 9.00. The molecule has 0 radical (unpaired) electrons. The molecule has 0 saturated heterocycles. The summed E-state index contributed by atoms with van der Waals surface area (Å²) in [7, 11) is 0. The molecule has 0 spiro atoms. The van der Waals surface area contributed by atoms with Crippen molar-refractivity contribution in [3.05, 3.63) is 76.3 Å². The highest BCUT2D eigenvalue weighted by atomic mass is 16.3. The first kappa shape index (κ1) is 17.4. The van der Waals surface area contributed by atoms with Gasteiger partial charge in [-0.25, -0.2) is 4.98 Å². The Kier molecular flexibility index (Phi) is 4.28. The number of pyridine rings is 1. The van der Waals surface area contributed by atoms with Gasteiger partial charge in [0.05, 0.1) is 23.9 Å². The van der Waals surface area contributed by atoms with E-state index < -0.39 is 6.10 Å². The molecule has 0 saturated carbocycles. The van der Waals surface area contributed by atoms with E-state index in [1.165, 1.54) is 0 Å². The number of rotatable bonds is 4. The van der Waals surface area contributed by atoms with Gasteiger partial charge in [-0.05, 0) is 31.5 Å². The average molecular weight is 362 g/mol. The third kappa shape index (κ3) is 3.36. The quantitative estimate of drug-likeness (QED) is 0.746. The SMILES string of the molecule is CC1(C)Cn2c(nc(-c3ccncc3)c(CC(O)c3ccccc3)c2=O)N1. The van der Waals surface area contributed by atoms with E-state index in [0.717, 1.165) is 11.1 Å². The van der Waals surface area contributed by atoms with Gasteiger partial charge in [0.15, 0.2) is 0 Å². The van der Waals surface area contributed by atoms with Gasteiger partial charge in [-0.2, -0.15) is 0 Å². The summed E-state index contributed by atoms with van der Waals surface area (Å²) >= 11 is 0. The lowest BCUT2D eigenvalue weighted by Crippen LogP contribution is -2.30. The van der Waals surface area contributed by atoms with Crippen molar-refractivity contribution in [2.75, 3.05) is 5.32 Å². The monoisotopic (exact) mass is 362 g/mol. The van der Waals surface area contributed by atoms with Crippen molar-refractivity contribution in [1.29, 1.82) is 0 Å². The lowest BCUT2D eigenvalue weighted by molar-refractivity contribution is 0.178. The number of nitrogens with one attached hydrogen (secondary N) is 1. The minimum atomic E-state index is -0.776. The van der Waals surface area contributed by atoms with Gasteiger partial charge in [-0.1, -0.05) is 30.3 Å². The van der Waals surface area contributed by atoms with Gasteiger partial charge in [-0.3, -0.25) is 14.3 Å². The van der Waals surface area contributed by atoms with Crippen LogP contribution >= 0.6 is 0 Å². The second-order valence-corrected chi connectivity index (χ2v) is 7.53. The van der Waals surface area contributed by atoms with Crippen LogP contribution < -0.4 is 10.9 Å². The van der Waals surface area contributed by atoms with Crippen molar-refractivity contribution in [3.8, 4) is 11.3 Å². The molecule has 0 bridgehead atoms. The maximum Gasteiger partial charge on any atom is 0.258 e. The molecule has 1 unspecified atom stereocenters. The molecule has 4 rings (SSSR count). The molecule has 1 aromatic carbocycles. The third-order valence-electron chi connectivity index (χ3n) is 4.80. The van der Waals surface area contributed by atoms with E-state index in [0.29, 0.717) is 23.8 Å². The fourth-order valence-electron chi connectivity index (χ4n) is 3.49. The number of fused-ring (bicyclic) bond motifs is 1. The number of aliphatic hydroxyl groups excluding tert-OH is 1. The van der Waals surface area contributed by atoms with Crippen LogP contribution in [0.5, 0.6) is 0 Å². The summed E-state index contributed by atoms with van der Waals surface area (Å²) in [4.78, 5) is 22.1. The predicted octanol–water partition coefficient (Wildman–Crippen LogP) is 2.79. The number of aliphatic hydroxyl groups is 1. The van der Waals surface area contributed by atoms with Gasteiger partial charge in [0.25, 0.3) is 5.56 Å². The Labute approximate surface area is 157 Å². The van der Waals surface area contributed by atoms with Crippen LogP contribution in [-0.4, -0.2) is 25.2 Å². The highest BCUT2D eigenvalue weighted by Gasteiger charge is 2.32. The Hall–Kier alpha value is -2.99. The summed E-state index contributed by atoms with van der Waals surface area (Å²) in [5.74, 6) is 0.565. The number of anilines is 1. The molecule has 0 fully saturated rings. The lowest BCUT2D eigenvalue weighted by atomic mass is 9.98. The Balaban J connectivity index is 1.83. The fourth-order valence-corrected chi connectivity index (χ4v) is 3.49. The van der Waals surface area contributed by atoms with Crippen molar-refractivity contribution in [2.45, 2.75) is 38.5 Å². The highest BCUT2D eigenvalue weighted by Crippen LogP contribution is 2.29. The van der Waals surface area contributed by atoms with Gasteiger partial charge >= 0.3 is 0 Å². The topological polar surface area (TPSA) is 80.0 Å². The average Bonchev–Trinajstić information content (AvgIpc) is 3.00. The van der Waals surface area contributed by atoms with Crippen LogP contribution in [0.25, 0.3) is 11.3 Å². The van der Waals surface area contributed by atoms with E-state index >= 15 is 0 Å². The maximum atomic E-state index is 13.3. The first-order valence-electron chi connectivity index (χ1n) is 9.00. The summed E-state index contributed by atoms with van der Waals surface area (Å²) in [6.07, 6.45) is 2.78. The van der Waals surface area contributed by atoms with Crippen molar-refractivity contribution in [1.82, 2.24) is 14.5 Å². The van der Waals surface area contributed by atoms with E-state index in [1.807, 2.05) is 56.3 Å². The van der Waals surface area contributed by atoms with Gasteiger partial charge in [0, 0.05) is 29.9 Å². The van der Waals surface area contributed by atoms with Crippen molar-refractivity contribution >= 4 is 5.95 Å². The van der Waals surface area contributed by atoms with E-state index in [4.69, 9.17) is 4.98 Å². The smallest absolute Gasteiger partial charge is 0.258 e. The van der Waals surface area contributed by atoms with Crippen LogP contribution in [0.4, 0.5) is 5.95 Å². The van der Waals surface area contributed by atoms with Crippen LogP contribution in [0, 0.1) is 0 Å². The second kappa shape index (κ2) is 6.63. The van der Waals surface area contributed by atoms with Crippen molar-refractivity contribution in [2.24, 2.45) is 0 Å². The lowest BCUT2D eigenvalue weighted by Gasteiger charge is -2.15. The molecule has 2 N–H and O–H groups in total. The predicted molar refractivity (Wildman–Crippen MR) is 105 cm³/mol. The van der Waals surface area contributed by atoms with Gasteiger partial charge in [0.1, 0.15) is 0 Å². The summed E-state index contributed by atoms with van der Waals surface area (Å²) in [6, 6.07) is 13.0. The minimum Gasteiger partial charge on any atom is -0.388 e. The first-order chi connectivity index (χ1) is 12.9. The highest BCUT2D eigenvalue weighted by molar-refractivity contribution is 5.64. The van der Waals surface area contributed by atoms with Crippen LogP contribution in [0.1, 0.15) is 31.1 Å². The van der Waals surface area contributed by atoms with Crippen LogP contribution in [0.3, 0.4) is 0 Å². The number of aromatic nitrogens is 3. The van der Waals surface area contributed by atoms with E-state index in [1.54, 1.807) is 17.0 Å². The maximum absolute atomic E-state index is 13.3. The zero-order valence-corrected chi connectivity index (χ0v) is 15.4. The molecule has 27 heavy (non-hydrogen) atoms.